The molecule has 1 aromatic rings. The molecule has 0 bridgehead atoms. The van der Waals surface area contributed by atoms with Crippen LogP contribution in [0.3, 0.4) is 0 Å². The maximum absolute atomic E-state index is 10.3. The summed E-state index contributed by atoms with van der Waals surface area (Å²) in [5, 5.41) is 23.7. The van der Waals surface area contributed by atoms with Crippen LogP contribution in [0.1, 0.15) is 20.3 Å². The number of aliphatic hydroxyl groups is 1. The lowest BCUT2D eigenvalue weighted by atomic mass is 10.0. The Labute approximate surface area is 81.3 Å². The van der Waals surface area contributed by atoms with E-state index >= 15 is 0 Å². The van der Waals surface area contributed by atoms with Crippen molar-refractivity contribution in [1.29, 1.82) is 0 Å². The second-order valence-electron chi connectivity index (χ2n) is 3.48. The van der Waals surface area contributed by atoms with Gasteiger partial charge in [-0.2, -0.15) is 4.68 Å². The Morgan fingerprint density at radius 2 is 2.43 bits per heavy atom. The van der Waals surface area contributed by atoms with E-state index in [1.807, 2.05) is 6.92 Å². The number of hydrogen-bond donors (Lipinski definition) is 1. The Bertz CT molecular complexity index is 332. The van der Waals surface area contributed by atoms with Crippen molar-refractivity contribution in [3.05, 3.63) is 22.4 Å². The molecule has 14 heavy (non-hydrogen) atoms. The summed E-state index contributed by atoms with van der Waals surface area (Å²) in [7, 11) is 0. The van der Waals surface area contributed by atoms with E-state index in [2.05, 4.69) is 5.10 Å². The fourth-order valence-corrected chi connectivity index (χ4v) is 0.997. The quantitative estimate of drug-likeness (QED) is 0.578. The summed E-state index contributed by atoms with van der Waals surface area (Å²) in [4.78, 5) is 9.76. The van der Waals surface area contributed by atoms with Gasteiger partial charge in [0.2, 0.25) is 0 Å². The summed E-state index contributed by atoms with van der Waals surface area (Å²) in [6.45, 7) is 3.77. The van der Waals surface area contributed by atoms with Crippen molar-refractivity contribution >= 4 is 5.82 Å². The van der Waals surface area contributed by atoms with Crippen molar-refractivity contribution in [2.24, 2.45) is 0 Å². The van der Waals surface area contributed by atoms with E-state index in [4.69, 9.17) is 0 Å². The molecule has 0 spiro atoms. The van der Waals surface area contributed by atoms with Crippen molar-refractivity contribution < 1.29 is 10.0 Å². The molecule has 1 atom stereocenters. The normalized spacial score (nSPS) is 15.1. The van der Waals surface area contributed by atoms with Crippen molar-refractivity contribution in [2.45, 2.75) is 32.4 Å². The molecular weight excluding hydrogens is 186 g/mol. The molecule has 1 heterocycles. The van der Waals surface area contributed by atoms with Gasteiger partial charge in [0.1, 0.15) is 0 Å². The molecule has 0 saturated heterocycles. The van der Waals surface area contributed by atoms with Crippen LogP contribution < -0.4 is 0 Å². The predicted molar refractivity (Wildman–Crippen MR) is 49.8 cm³/mol. The van der Waals surface area contributed by atoms with E-state index in [1.165, 1.54) is 16.9 Å². The maximum atomic E-state index is 10.3. The summed E-state index contributed by atoms with van der Waals surface area (Å²) in [6, 6.07) is 1.31. The van der Waals surface area contributed by atoms with Crippen LogP contribution in [0.25, 0.3) is 0 Å². The van der Waals surface area contributed by atoms with Gasteiger partial charge in [0, 0.05) is 0 Å². The van der Waals surface area contributed by atoms with Gasteiger partial charge in [-0.3, -0.25) is 0 Å². The summed E-state index contributed by atoms with van der Waals surface area (Å²) >= 11 is 0. The summed E-state index contributed by atoms with van der Waals surface area (Å²) in [5.41, 5.74) is -0.875. The molecule has 0 aliphatic carbocycles. The third-order valence-corrected chi connectivity index (χ3v) is 2.08. The fourth-order valence-electron chi connectivity index (χ4n) is 0.997. The smallest absolute Gasteiger partial charge is 0.388 e. The lowest BCUT2D eigenvalue weighted by Gasteiger charge is -2.18. The third-order valence-electron chi connectivity index (χ3n) is 2.08. The van der Waals surface area contributed by atoms with E-state index in [1.54, 1.807) is 6.92 Å². The number of rotatable bonds is 4. The van der Waals surface area contributed by atoms with Crippen molar-refractivity contribution in [2.75, 3.05) is 0 Å². The van der Waals surface area contributed by atoms with Crippen molar-refractivity contribution in [1.82, 2.24) is 9.78 Å². The zero-order valence-corrected chi connectivity index (χ0v) is 8.17. The van der Waals surface area contributed by atoms with Crippen LogP contribution in [0.4, 0.5) is 5.82 Å². The van der Waals surface area contributed by atoms with E-state index in [0.717, 1.165) is 0 Å². The number of hydrogen-bond acceptors (Lipinski definition) is 4. The van der Waals surface area contributed by atoms with Gasteiger partial charge in [0.05, 0.1) is 29.5 Å². The van der Waals surface area contributed by atoms with Crippen molar-refractivity contribution in [3.8, 4) is 0 Å². The topological polar surface area (TPSA) is 81.2 Å². The molecule has 0 fully saturated rings. The summed E-state index contributed by atoms with van der Waals surface area (Å²) < 4.78 is 1.38. The molecule has 1 aromatic heterocycles. The Balaban J connectivity index is 2.73. The van der Waals surface area contributed by atoms with Crippen LogP contribution in [-0.2, 0) is 6.54 Å². The SMILES string of the molecule is CCC(C)(O)Cn1ccc([N+](=O)[O-])n1. The predicted octanol–water partition coefficient (Wildman–Crippen LogP) is 0.952. The molecular formula is C8H13N3O3. The van der Waals surface area contributed by atoms with E-state index in [-0.39, 0.29) is 12.4 Å². The highest BCUT2D eigenvalue weighted by atomic mass is 16.6. The summed E-state index contributed by atoms with van der Waals surface area (Å²) in [5.74, 6) is -0.197. The number of aromatic nitrogens is 2. The Morgan fingerprint density at radius 3 is 2.86 bits per heavy atom. The highest BCUT2D eigenvalue weighted by Crippen LogP contribution is 2.13. The molecule has 0 aliphatic heterocycles. The maximum Gasteiger partial charge on any atom is 0.389 e. The second kappa shape index (κ2) is 3.75. The van der Waals surface area contributed by atoms with Gasteiger partial charge in [-0.05, 0) is 18.3 Å². The van der Waals surface area contributed by atoms with Crippen LogP contribution in [0.5, 0.6) is 0 Å². The highest BCUT2D eigenvalue weighted by molar-refractivity contribution is 5.14. The zero-order valence-electron chi connectivity index (χ0n) is 8.17. The average Bonchev–Trinajstić information content (AvgIpc) is 2.52. The second-order valence-corrected chi connectivity index (χ2v) is 3.48. The molecule has 0 amide bonds. The minimum Gasteiger partial charge on any atom is -0.388 e. The molecule has 1 N–H and O–H groups in total. The molecule has 0 radical (unpaired) electrons. The van der Waals surface area contributed by atoms with Gasteiger partial charge in [-0.15, -0.1) is 0 Å². The van der Waals surface area contributed by atoms with Gasteiger partial charge in [0.25, 0.3) is 0 Å². The van der Waals surface area contributed by atoms with Gasteiger partial charge >= 0.3 is 5.82 Å². The van der Waals surface area contributed by atoms with Crippen LogP contribution >= 0.6 is 0 Å². The van der Waals surface area contributed by atoms with Crippen LogP contribution in [0, 0.1) is 10.1 Å². The van der Waals surface area contributed by atoms with Gasteiger partial charge in [-0.1, -0.05) is 6.92 Å². The van der Waals surface area contributed by atoms with Crippen LogP contribution in [-0.4, -0.2) is 25.4 Å². The zero-order chi connectivity index (χ0) is 10.8. The molecule has 1 rings (SSSR count). The Hall–Kier alpha value is -1.43. The minimum atomic E-state index is -0.875. The molecule has 0 saturated carbocycles. The molecule has 6 nitrogen and oxygen atoms in total. The van der Waals surface area contributed by atoms with E-state index in [0.29, 0.717) is 6.42 Å². The molecule has 0 aliphatic rings. The first kappa shape index (κ1) is 10.6. The first-order chi connectivity index (χ1) is 6.44. The third kappa shape index (κ3) is 2.53. The standard InChI is InChI=1S/C8H13N3O3/c1-3-8(2,12)6-10-5-4-7(9-10)11(13)14/h4-5,12H,3,6H2,1-2H3. The number of nitro groups is 1. The van der Waals surface area contributed by atoms with Gasteiger partial charge in [0.15, 0.2) is 0 Å². The largest absolute Gasteiger partial charge is 0.389 e. The first-order valence-electron chi connectivity index (χ1n) is 4.35. The molecule has 0 aromatic carbocycles. The molecule has 78 valence electrons. The van der Waals surface area contributed by atoms with Gasteiger partial charge in [-0.25, -0.2) is 0 Å². The van der Waals surface area contributed by atoms with E-state index in [9.17, 15) is 15.2 Å². The first-order valence-corrected chi connectivity index (χ1v) is 4.35. The average molecular weight is 199 g/mol. The Morgan fingerprint density at radius 1 is 1.79 bits per heavy atom. The lowest BCUT2D eigenvalue weighted by molar-refractivity contribution is -0.389. The van der Waals surface area contributed by atoms with Crippen LogP contribution in [0.2, 0.25) is 0 Å². The van der Waals surface area contributed by atoms with E-state index < -0.39 is 10.5 Å². The number of nitrogens with zero attached hydrogens (tertiary/aromatic N) is 3. The minimum absolute atomic E-state index is 0.197. The van der Waals surface area contributed by atoms with Gasteiger partial charge < -0.3 is 15.2 Å². The fraction of sp³-hybridized carbons (Fsp3) is 0.625. The molecule has 6 heteroatoms. The van der Waals surface area contributed by atoms with Crippen molar-refractivity contribution in [3.63, 3.8) is 0 Å². The van der Waals surface area contributed by atoms with Crippen LogP contribution in [0.15, 0.2) is 12.3 Å². The highest BCUT2D eigenvalue weighted by Gasteiger charge is 2.21. The monoisotopic (exact) mass is 199 g/mol. The summed E-state index contributed by atoms with van der Waals surface area (Å²) in [6.07, 6.45) is 2.06. The lowest BCUT2D eigenvalue weighted by Crippen LogP contribution is -2.29. The molecule has 1 unspecified atom stereocenters. The Kier molecular flexibility index (Phi) is 2.85.